The van der Waals surface area contributed by atoms with Gasteiger partial charge in [-0.15, -0.1) is 5.10 Å². The number of hydrogen-bond acceptors (Lipinski definition) is 3. The molecule has 1 rings (SSSR count). The average molecular weight is 154 g/mol. The van der Waals surface area contributed by atoms with E-state index in [0.29, 0.717) is 6.54 Å². The second kappa shape index (κ2) is 3.48. The van der Waals surface area contributed by atoms with Crippen molar-refractivity contribution in [1.29, 1.82) is 0 Å². The molecule has 0 fully saturated rings. The summed E-state index contributed by atoms with van der Waals surface area (Å²) in [5.41, 5.74) is 7.57. The minimum Gasteiger partial charge on any atom is -0.325 e. The molecule has 2 N–H and O–H groups in total. The van der Waals surface area contributed by atoms with Gasteiger partial charge in [0.05, 0.1) is 11.4 Å². The predicted molar refractivity (Wildman–Crippen MR) is 43.0 cm³/mol. The van der Waals surface area contributed by atoms with Crippen LogP contribution in [0.2, 0.25) is 0 Å². The monoisotopic (exact) mass is 154 g/mol. The topological polar surface area (TPSA) is 56.7 Å². The third-order valence-electron chi connectivity index (χ3n) is 1.75. The summed E-state index contributed by atoms with van der Waals surface area (Å²) in [6.45, 7) is 5.50. The van der Waals surface area contributed by atoms with Gasteiger partial charge in [-0.25, -0.2) is 4.68 Å². The third kappa shape index (κ3) is 1.40. The number of nitrogens with zero attached hydrogens (tertiary/aromatic N) is 3. The normalized spacial score (nSPS) is 10.5. The van der Waals surface area contributed by atoms with Crippen LogP contribution >= 0.6 is 0 Å². The molecular formula is C7H14N4. The van der Waals surface area contributed by atoms with E-state index in [-0.39, 0.29) is 0 Å². The Hall–Kier alpha value is -0.900. The fourth-order valence-electron chi connectivity index (χ4n) is 1.17. The SMILES string of the molecule is CCc1c(CN)nnn1CC. The zero-order valence-corrected chi connectivity index (χ0v) is 7.04. The van der Waals surface area contributed by atoms with Crippen LogP contribution in [0.15, 0.2) is 0 Å². The van der Waals surface area contributed by atoms with Gasteiger partial charge in [0, 0.05) is 13.1 Å². The van der Waals surface area contributed by atoms with E-state index >= 15 is 0 Å². The molecule has 1 aromatic rings. The van der Waals surface area contributed by atoms with Gasteiger partial charge >= 0.3 is 0 Å². The number of hydrogen-bond donors (Lipinski definition) is 1. The van der Waals surface area contributed by atoms with E-state index < -0.39 is 0 Å². The fourth-order valence-corrected chi connectivity index (χ4v) is 1.17. The Balaban J connectivity index is 2.99. The Morgan fingerprint density at radius 2 is 2.18 bits per heavy atom. The minimum absolute atomic E-state index is 0.489. The molecule has 0 aliphatic carbocycles. The molecule has 11 heavy (non-hydrogen) atoms. The van der Waals surface area contributed by atoms with Crippen LogP contribution < -0.4 is 5.73 Å². The molecule has 0 aromatic carbocycles. The summed E-state index contributed by atoms with van der Waals surface area (Å²) in [4.78, 5) is 0. The number of aryl methyl sites for hydroxylation is 1. The van der Waals surface area contributed by atoms with Crippen molar-refractivity contribution in [3.8, 4) is 0 Å². The molecule has 0 bridgehead atoms. The molecule has 0 radical (unpaired) electrons. The lowest BCUT2D eigenvalue weighted by atomic mass is 10.2. The van der Waals surface area contributed by atoms with Crippen LogP contribution in [0.4, 0.5) is 0 Å². The smallest absolute Gasteiger partial charge is 0.0994 e. The van der Waals surface area contributed by atoms with Gasteiger partial charge in [0.2, 0.25) is 0 Å². The van der Waals surface area contributed by atoms with E-state index in [9.17, 15) is 0 Å². The molecule has 0 amide bonds. The maximum atomic E-state index is 5.48. The van der Waals surface area contributed by atoms with Gasteiger partial charge in [-0.05, 0) is 13.3 Å². The van der Waals surface area contributed by atoms with Crippen molar-refractivity contribution < 1.29 is 0 Å². The molecule has 1 aromatic heterocycles. The molecule has 0 unspecified atom stereocenters. The largest absolute Gasteiger partial charge is 0.325 e. The lowest BCUT2D eigenvalue weighted by Gasteiger charge is -2.00. The van der Waals surface area contributed by atoms with Crippen LogP contribution in [0.5, 0.6) is 0 Å². The van der Waals surface area contributed by atoms with E-state index in [1.165, 1.54) is 0 Å². The van der Waals surface area contributed by atoms with Gasteiger partial charge in [0.25, 0.3) is 0 Å². The van der Waals surface area contributed by atoms with Gasteiger partial charge in [-0.3, -0.25) is 0 Å². The van der Waals surface area contributed by atoms with Gasteiger partial charge < -0.3 is 5.73 Å². The molecule has 0 atom stereocenters. The summed E-state index contributed by atoms with van der Waals surface area (Å²) >= 11 is 0. The first-order valence-corrected chi connectivity index (χ1v) is 3.94. The highest BCUT2D eigenvalue weighted by molar-refractivity contribution is 5.09. The summed E-state index contributed by atoms with van der Waals surface area (Å²) in [5.74, 6) is 0. The van der Waals surface area contributed by atoms with Crippen LogP contribution in [-0.4, -0.2) is 15.0 Å². The summed E-state index contributed by atoms with van der Waals surface area (Å²) in [6, 6.07) is 0. The maximum Gasteiger partial charge on any atom is 0.0994 e. The molecule has 4 nitrogen and oxygen atoms in total. The van der Waals surface area contributed by atoms with Crippen molar-refractivity contribution in [2.24, 2.45) is 5.73 Å². The van der Waals surface area contributed by atoms with Gasteiger partial charge in [0.1, 0.15) is 0 Å². The Bertz CT molecular complexity index is 207. The van der Waals surface area contributed by atoms with Crippen molar-refractivity contribution in [2.75, 3.05) is 0 Å². The Morgan fingerprint density at radius 3 is 2.64 bits per heavy atom. The Labute approximate surface area is 66.4 Å². The van der Waals surface area contributed by atoms with E-state index in [2.05, 4.69) is 17.2 Å². The first-order valence-electron chi connectivity index (χ1n) is 3.94. The maximum absolute atomic E-state index is 5.48. The zero-order chi connectivity index (χ0) is 8.27. The molecule has 0 saturated carbocycles. The first kappa shape index (κ1) is 8.20. The van der Waals surface area contributed by atoms with E-state index in [1.54, 1.807) is 0 Å². The van der Waals surface area contributed by atoms with Gasteiger partial charge in [-0.2, -0.15) is 0 Å². The molecule has 62 valence electrons. The lowest BCUT2D eigenvalue weighted by molar-refractivity contribution is 0.601. The van der Waals surface area contributed by atoms with E-state index in [0.717, 1.165) is 24.4 Å². The van der Waals surface area contributed by atoms with Crippen molar-refractivity contribution in [1.82, 2.24) is 15.0 Å². The second-order valence-electron chi connectivity index (χ2n) is 2.36. The minimum atomic E-state index is 0.489. The van der Waals surface area contributed by atoms with Crippen LogP contribution in [0.1, 0.15) is 25.2 Å². The van der Waals surface area contributed by atoms with Crippen molar-refractivity contribution in [3.05, 3.63) is 11.4 Å². The first-order chi connectivity index (χ1) is 5.33. The number of nitrogens with two attached hydrogens (primary N) is 1. The summed E-state index contributed by atoms with van der Waals surface area (Å²) in [6.07, 6.45) is 0.952. The zero-order valence-electron chi connectivity index (χ0n) is 7.04. The highest BCUT2D eigenvalue weighted by atomic mass is 15.4. The van der Waals surface area contributed by atoms with Crippen molar-refractivity contribution in [3.63, 3.8) is 0 Å². The highest BCUT2D eigenvalue weighted by Crippen LogP contribution is 2.04. The molecule has 0 spiro atoms. The molecule has 4 heteroatoms. The molecule has 1 heterocycles. The van der Waals surface area contributed by atoms with Crippen LogP contribution in [0, 0.1) is 0 Å². The summed E-state index contributed by atoms with van der Waals surface area (Å²) in [7, 11) is 0. The Kier molecular flexibility index (Phi) is 2.59. The quantitative estimate of drug-likeness (QED) is 0.682. The third-order valence-corrected chi connectivity index (χ3v) is 1.75. The van der Waals surface area contributed by atoms with Crippen molar-refractivity contribution >= 4 is 0 Å². The Morgan fingerprint density at radius 1 is 1.45 bits per heavy atom. The van der Waals surface area contributed by atoms with E-state index in [4.69, 9.17) is 5.73 Å². The summed E-state index contributed by atoms with van der Waals surface area (Å²) in [5, 5.41) is 7.93. The molecular weight excluding hydrogens is 140 g/mol. The van der Waals surface area contributed by atoms with Crippen LogP contribution in [0.3, 0.4) is 0 Å². The molecule has 0 saturated heterocycles. The van der Waals surface area contributed by atoms with Crippen LogP contribution in [-0.2, 0) is 19.5 Å². The fraction of sp³-hybridized carbons (Fsp3) is 0.714. The average Bonchev–Trinajstić information content (AvgIpc) is 2.45. The summed E-state index contributed by atoms with van der Waals surface area (Å²) < 4.78 is 1.89. The molecule has 0 aliphatic rings. The second-order valence-corrected chi connectivity index (χ2v) is 2.36. The highest BCUT2D eigenvalue weighted by Gasteiger charge is 2.06. The standard InChI is InChI=1S/C7H14N4/c1-3-7-6(5-8)9-10-11(7)4-2/h3-5,8H2,1-2H3. The van der Waals surface area contributed by atoms with Crippen LogP contribution in [0.25, 0.3) is 0 Å². The lowest BCUT2D eigenvalue weighted by Crippen LogP contribution is -2.05. The number of rotatable bonds is 3. The van der Waals surface area contributed by atoms with E-state index in [1.807, 2.05) is 11.6 Å². The van der Waals surface area contributed by atoms with Gasteiger partial charge in [0.15, 0.2) is 0 Å². The predicted octanol–water partition coefficient (Wildman–Crippen LogP) is 0.319. The van der Waals surface area contributed by atoms with Crippen molar-refractivity contribution in [2.45, 2.75) is 33.4 Å². The molecule has 0 aliphatic heterocycles. The number of aromatic nitrogens is 3. The van der Waals surface area contributed by atoms with Gasteiger partial charge in [-0.1, -0.05) is 12.1 Å².